The van der Waals surface area contributed by atoms with Gasteiger partial charge in [-0.05, 0) is 18.6 Å². The molecule has 0 aliphatic heterocycles. The Hall–Kier alpha value is -2.15. The number of hydrogen-bond acceptors (Lipinski definition) is 6. The highest BCUT2D eigenvalue weighted by molar-refractivity contribution is 6.33. The number of aromatic nitrogens is 3. The maximum Gasteiger partial charge on any atom is 0.271 e. The number of hydrogen-bond donors (Lipinski definition) is 2. The largest absolute Gasteiger partial charge is 0.370 e. The SMILES string of the molecule is CCCNc1ccc(Cl)c(C(=O)NCc2ncon2)n1. The number of rotatable bonds is 6. The third-order valence-electron chi connectivity index (χ3n) is 2.43. The van der Waals surface area contributed by atoms with Gasteiger partial charge in [0, 0.05) is 6.54 Å². The van der Waals surface area contributed by atoms with Crippen molar-refractivity contribution in [3.05, 3.63) is 35.1 Å². The summed E-state index contributed by atoms with van der Waals surface area (Å²) in [5.74, 6) is 0.607. The summed E-state index contributed by atoms with van der Waals surface area (Å²) >= 11 is 5.98. The Morgan fingerprint density at radius 1 is 1.45 bits per heavy atom. The van der Waals surface area contributed by atoms with Gasteiger partial charge in [-0.2, -0.15) is 4.98 Å². The van der Waals surface area contributed by atoms with Crippen molar-refractivity contribution in [3.63, 3.8) is 0 Å². The monoisotopic (exact) mass is 295 g/mol. The fourth-order valence-electron chi connectivity index (χ4n) is 1.47. The molecule has 0 atom stereocenters. The Labute approximate surface area is 120 Å². The number of carbonyl (C=O) groups excluding carboxylic acids is 1. The second-order valence-corrected chi connectivity index (χ2v) is 4.39. The highest BCUT2D eigenvalue weighted by Gasteiger charge is 2.13. The van der Waals surface area contributed by atoms with Gasteiger partial charge >= 0.3 is 0 Å². The molecule has 2 aromatic heterocycles. The fourth-order valence-corrected chi connectivity index (χ4v) is 1.66. The number of amides is 1. The lowest BCUT2D eigenvalue weighted by Gasteiger charge is -2.08. The van der Waals surface area contributed by atoms with Gasteiger partial charge in [-0.3, -0.25) is 4.79 Å². The molecule has 0 spiro atoms. The van der Waals surface area contributed by atoms with Crippen LogP contribution in [0, 0.1) is 0 Å². The van der Waals surface area contributed by atoms with E-state index in [0.717, 1.165) is 13.0 Å². The topological polar surface area (TPSA) is 92.9 Å². The molecule has 2 N–H and O–H groups in total. The maximum atomic E-state index is 12.0. The lowest BCUT2D eigenvalue weighted by Crippen LogP contribution is -2.25. The van der Waals surface area contributed by atoms with Gasteiger partial charge in [0.05, 0.1) is 11.6 Å². The van der Waals surface area contributed by atoms with Gasteiger partial charge in [-0.25, -0.2) is 4.98 Å². The smallest absolute Gasteiger partial charge is 0.271 e. The molecule has 8 heteroatoms. The quantitative estimate of drug-likeness (QED) is 0.845. The number of pyridine rings is 1. The van der Waals surface area contributed by atoms with Gasteiger partial charge in [0.1, 0.15) is 11.5 Å². The molecular weight excluding hydrogens is 282 g/mol. The molecule has 0 aliphatic rings. The molecule has 20 heavy (non-hydrogen) atoms. The Morgan fingerprint density at radius 2 is 2.30 bits per heavy atom. The van der Waals surface area contributed by atoms with E-state index in [1.165, 1.54) is 6.39 Å². The van der Waals surface area contributed by atoms with Crippen LogP contribution in [0.3, 0.4) is 0 Å². The van der Waals surface area contributed by atoms with Crippen molar-refractivity contribution in [2.45, 2.75) is 19.9 Å². The molecule has 0 saturated heterocycles. The summed E-state index contributed by atoms with van der Waals surface area (Å²) in [4.78, 5) is 20.0. The molecule has 106 valence electrons. The van der Waals surface area contributed by atoms with Crippen molar-refractivity contribution in [2.75, 3.05) is 11.9 Å². The number of halogens is 1. The molecule has 2 heterocycles. The molecule has 0 fully saturated rings. The highest BCUT2D eigenvalue weighted by Crippen LogP contribution is 2.16. The number of nitrogens with one attached hydrogen (secondary N) is 2. The van der Waals surface area contributed by atoms with E-state index in [1.54, 1.807) is 12.1 Å². The van der Waals surface area contributed by atoms with Crippen molar-refractivity contribution in [2.24, 2.45) is 0 Å². The zero-order valence-electron chi connectivity index (χ0n) is 10.9. The van der Waals surface area contributed by atoms with Crippen LogP contribution >= 0.6 is 11.6 Å². The summed E-state index contributed by atoms with van der Waals surface area (Å²) in [5.41, 5.74) is 0.163. The average Bonchev–Trinajstić information content (AvgIpc) is 2.97. The highest BCUT2D eigenvalue weighted by atomic mass is 35.5. The van der Waals surface area contributed by atoms with Crippen LogP contribution in [0.2, 0.25) is 5.02 Å². The predicted octanol–water partition coefficient (Wildman–Crippen LogP) is 1.87. The summed E-state index contributed by atoms with van der Waals surface area (Å²) in [6.45, 7) is 2.97. The second kappa shape index (κ2) is 6.85. The predicted molar refractivity (Wildman–Crippen MR) is 73.5 cm³/mol. The Bertz CT molecular complexity index is 573. The van der Waals surface area contributed by atoms with Gasteiger partial charge in [-0.1, -0.05) is 23.7 Å². The third-order valence-corrected chi connectivity index (χ3v) is 2.74. The van der Waals surface area contributed by atoms with E-state index in [4.69, 9.17) is 11.6 Å². The minimum atomic E-state index is -0.389. The summed E-state index contributed by atoms with van der Waals surface area (Å²) in [6, 6.07) is 3.36. The summed E-state index contributed by atoms with van der Waals surface area (Å²) in [7, 11) is 0. The molecule has 7 nitrogen and oxygen atoms in total. The molecular formula is C12H14ClN5O2. The minimum absolute atomic E-state index is 0.153. The van der Waals surface area contributed by atoms with Crippen LogP contribution in [-0.4, -0.2) is 27.6 Å². The van der Waals surface area contributed by atoms with E-state index >= 15 is 0 Å². The van der Waals surface area contributed by atoms with E-state index in [2.05, 4.69) is 30.3 Å². The maximum absolute atomic E-state index is 12.0. The normalized spacial score (nSPS) is 10.3. The van der Waals surface area contributed by atoms with Gasteiger partial charge in [-0.15, -0.1) is 0 Å². The average molecular weight is 296 g/mol. The van der Waals surface area contributed by atoms with Crippen LogP contribution in [0.4, 0.5) is 5.82 Å². The van der Waals surface area contributed by atoms with E-state index in [0.29, 0.717) is 11.6 Å². The van der Waals surface area contributed by atoms with Crippen molar-refractivity contribution in [1.82, 2.24) is 20.4 Å². The van der Waals surface area contributed by atoms with Crippen LogP contribution in [0.1, 0.15) is 29.7 Å². The lowest BCUT2D eigenvalue weighted by atomic mass is 10.3. The summed E-state index contributed by atoms with van der Waals surface area (Å²) in [6.07, 6.45) is 2.16. The van der Waals surface area contributed by atoms with E-state index in [1.807, 2.05) is 6.92 Å². The van der Waals surface area contributed by atoms with Gasteiger partial charge in [0.15, 0.2) is 5.82 Å². The third kappa shape index (κ3) is 3.67. The van der Waals surface area contributed by atoms with E-state index < -0.39 is 0 Å². The zero-order chi connectivity index (χ0) is 14.4. The molecule has 0 aliphatic carbocycles. The first-order valence-electron chi connectivity index (χ1n) is 6.14. The van der Waals surface area contributed by atoms with Crippen molar-refractivity contribution in [3.8, 4) is 0 Å². The Balaban J connectivity index is 2.04. The second-order valence-electron chi connectivity index (χ2n) is 3.98. The first-order chi connectivity index (χ1) is 9.70. The lowest BCUT2D eigenvalue weighted by molar-refractivity contribution is 0.0945. The molecule has 1 amide bonds. The van der Waals surface area contributed by atoms with Crippen LogP contribution in [0.5, 0.6) is 0 Å². The first-order valence-corrected chi connectivity index (χ1v) is 6.52. The van der Waals surface area contributed by atoms with Crippen LogP contribution < -0.4 is 10.6 Å². The molecule has 0 unspecified atom stereocenters. The van der Waals surface area contributed by atoms with Crippen molar-refractivity contribution in [1.29, 1.82) is 0 Å². The Kier molecular flexibility index (Phi) is 4.89. The summed E-state index contributed by atoms with van der Waals surface area (Å²) < 4.78 is 4.58. The van der Waals surface area contributed by atoms with Crippen molar-refractivity contribution < 1.29 is 9.32 Å². The molecule has 0 saturated carbocycles. The molecule has 0 aromatic carbocycles. The molecule has 2 rings (SSSR count). The van der Waals surface area contributed by atoms with Crippen LogP contribution in [0.25, 0.3) is 0 Å². The van der Waals surface area contributed by atoms with Crippen LogP contribution in [-0.2, 0) is 6.54 Å². The number of carbonyl (C=O) groups is 1. The number of anilines is 1. The van der Waals surface area contributed by atoms with E-state index in [-0.39, 0.29) is 23.2 Å². The zero-order valence-corrected chi connectivity index (χ0v) is 11.6. The molecule has 0 radical (unpaired) electrons. The molecule has 0 bridgehead atoms. The van der Waals surface area contributed by atoms with Gasteiger partial charge < -0.3 is 15.2 Å². The minimum Gasteiger partial charge on any atom is -0.370 e. The molecule has 2 aromatic rings. The fraction of sp³-hybridized carbons (Fsp3) is 0.333. The number of nitrogens with zero attached hydrogens (tertiary/aromatic N) is 3. The summed E-state index contributed by atoms with van der Waals surface area (Å²) in [5, 5.41) is 9.61. The first kappa shape index (κ1) is 14.3. The standard InChI is InChI=1S/C12H14ClN5O2/c1-2-5-14-9-4-3-8(13)11(17-9)12(19)15-6-10-16-7-20-18-10/h3-4,7H,2,5-6H2,1H3,(H,14,17)(H,15,19). The van der Waals surface area contributed by atoms with Crippen LogP contribution in [0.15, 0.2) is 23.0 Å². The van der Waals surface area contributed by atoms with E-state index in [9.17, 15) is 4.79 Å². The van der Waals surface area contributed by atoms with Gasteiger partial charge in [0.2, 0.25) is 6.39 Å². The Morgan fingerprint density at radius 3 is 3.00 bits per heavy atom. The van der Waals surface area contributed by atoms with Gasteiger partial charge in [0.25, 0.3) is 5.91 Å². The van der Waals surface area contributed by atoms with Crippen molar-refractivity contribution >= 4 is 23.3 Å².